The van der Waals surface area contributed by atoms with Gasteiger partial charge in [0.15, 0.2) is 0 Å². The normalized spacial score (nSPS) is 11.7. The highest BCUT2D eigenvalue weighted by Crippen LogP contribution is 2.20. The van der Waals surface area contributed by atoms with E-state index in [1.54, 1.807) is 24.5 Å². The molecule has 120 valence electrons. The molecule has 3 aromatic rings. The van der Waals surface area contributed by atoms with Crippen LogP contribution in [-0.4, -0.2) is 23.0 Å². The van der Waals surface area contributed by atoms with Crippen LogP contribution in [0.1, 0.15) is 16.3 Å². The van der Waals surface area contributed by atoms with E-state index in [0.717, 1.165) is 22.1 Å². The minimum Gasteiger partial charge on any atom is -0.288 e. The van der Waals surface area contributed by atoms with E-state index in [0.29, 0.717) is 4.21 Å². The summed E-state index contributed by atoms with van der Waals surface area (Å²) in [4.78, 5) is 9.47. The summed E-state index contributed by atoms with van der Waals surface area (Å²) in [6.07, 6.45) is 5.21. The van der Waals surface area contributed by atoms with Crippen molar-refractivity contribution in [3.8, 4) is 5.82 Å². The van der Waals surface area contributed by atoms with E-state index in [9.17, 15) is 8.42 Å². The molecule has 0 aliphatic heterocycles. The summed E-state index contributed by atoms with van der Waals surface area (Å²) in [5.41, 5.74) is 0.795. The van der Waals surface area contributed by atoms with Gasteiger partial charge in [-0.15, -0.1) is 11.3 Å². The van der Waals surface area contributed by atoms with Crippen LogP contribution in [-0.2, 0) is 16.6 Å². The van der Waals surface area contributed by atoms with Crippen LogP contribution < -0.4 is 4.72 Å². The molecule has 3 aromatic heterocycles. The molecule has 8 heteroatoms. The Morgan fingerprint density at radius 2 is 2.00 bits per heavy atom. The Bertz CT molecular complexity index is 911. The number of thiophene rings is 1. The maximum atomic E-state index is 12.2. The maximum Gasteiger partial charge on any atom is 0.250 e. The molecule has 3 heterocycles. The van der Waals surface area contributed by atoms with Crippen LogP contribution in [0.25, 0.3) is 5.82 Å². The predicted octanol–water partition coefficient (Wildman–Crippen LogP) is 2.42. The molecule has 0 saturated heterocycles. The van der Waals surface area contributed by atoms with Gasteiger partial charge >= 0.3 is 0 Å². The van der Waals surface area contributed by atoms with Crippen LogP contribution in [0.3, 0.4) is 0 Å². The Morgan fingerprint density at radius 3 is 2.57 bits per heavy atom. The summed E-state index contributed by atoms with van der Waals surface area (Å²) in [7, 11) is -3.47. The van der Waals surface area contributed by atoms with Gasteiger partial charge < -0.3 is 0 Å². The third-order valence-electron chi connectivity index (χ3n) is 3.33. The molecule has 3 rings (SSSR count). The number of pyridine rings is 1. The molecule has 0 unspecified atom stereocenters. The van der Waals surface area contributed by atoms with Crippen molar-refractivity contribution in [2.75, 3.05) is 0 Å². The van der Waals surface area contributed by atoms with Crippen molar-refractivity contribution >= 4 is 21.4 Å². The molecule has 0 atom stereocenters. The van der Waals surface area contributed by atoms with Crippen molar-refractivity contribution in [1.29, 1.82) is 0 Å². The van der Waals surface area contributed by atoms with E-state index in [-0.39, 0.29) is 6.54 Å². The minimum atomic E-state index is -3.47. The zero-order valence-corrected chi connectivity index (χ0v) is 14.4. The SMILES string of the molecule is Cc1ccc(S(=O)(=O)NCc2ccc(-n3ccnc3C)nc2)s1. The summed E-state index contributed by atoms with van der Waals surface area (Å²) in [5, 5.41) is 0. The number of nitrogens with one attached hydrogen (secondary N) is 1. The number of nitrogens with zero attached hydrogens (tertiary/aromatic N) is 3. The highest BCUT2D eigenvalue weighted by atomic mass is 32.2. The van der Waals surface area contributed by atoms with Gasteiger partial charge in [0.25, 0.3) is 0 Å². The second-order valence-electron chi connectivity index (χ2n) is 5.06. The zero-order valence-electron chi connectivity index (χ0n) is 12.7. The summed E-state index contributed by atoms with van der Waals surface area (Å²) < 4.78 is 29.2. The summed E-state index contributed by atoms with van der Waals surface area (Å²) in [6, 6.07) is 7.10. The van der Waals surface area contributed by atoms with Crippen LogP contribution in [0.5, 0.6) is 0 Å². The Hall–Kier alpha value is -2.03. The van der Waals surface area contributed by atoms with E-state index in [4.69, 9.17) is 0 Å². The van der Waals surface area contributed by atoms with Gasteiger partial charge in [0.2, 0.25) is 10.0 Å². The van der Waals surface area contributed by atoms with E-state index >= 15 is 0 Å². The van der Waals surface area contributed by atoms with Crippen molar-refractivity contribution < 1.29 is 8.42 Å². The van der Waals surface area contributed by atoms with Gasteiger partial charge in [-0.05, 0) is 37.6 Å². The molecule has 0 aliphatic carbocycles. The lowest BCUT2D eigenvalue weighted by Gasteiger charge is -2.07. The zero-order chi connectivity index (χ0) is 16.4. The molecular weight excluding hydrogens is 332 g/mol. The topological polar surface area (TPSA) is 76.9 Å². The number of sulfonamides is 1. The molecule has 6 nitrogen and oxygen atoms in total. The Morgan fingerprint density at radius 1 is 1.17 bits per heavy atom. The van der Waals surface area contributed by atoms with Gasteiger partial charge in [0.1, 0.15) is 15.9 Å². The Labute approximate surface area is 138 Å². The largest absolute Gasteiger partial charge is 0.288 e. The molecule has 0 amide bonds. The van der Waals surface area contributed by atoms with E-state index in [2.05, 4.69) is 14.7 Å². The number of hydrogen-bond acceptors (Lipinski definition) is 5. The highest BCUT2D eigenvalue weighted by molar-refractivity contribution is 7.91. The van der Waals surface area contributed by atoms with Crippen molar-refractivity contribution in [1.82, 2.24) is 19.3 Å². The highest BCUT2D eigenvalue weighted by Gasteiger charge is 2.15. The lowest BCUT2D eigenvalue weighted by Crippen LogP contribution is -2.22. The number of hydrogen-bond donors (Lipinski definition) is 1. The van der Waals surface area contributed by atoms with Crippen molar-refractivity contribution in [2.45, 2.75) is 24.6 Å². The number of aromatic nitrogens is 3. The van der Waals surface area contributed by atoms with Gasteiger partial charge in [-0.25, -0.2) is 23.1 Å². The fourth-order valence-electron chi connectivity index (χ4n) is 2.09. The number of rotatable bonds is 5. The van der Waals surface area contributed by atoms with Crippen molar-refractivity contribution in [3.05, 3.63) is 59.1 Å². The van der Waals surface area contributed by atoms with Gasteiger partial charge in [0, 0.05) is 30.0 Å². The molecule has 1 N–H and O–H groups in total. The van der Waals surface area contributed by atoms with Crippen LogP contribution in [0.15, 0.2) is 47.1 Å². The Kier molecular flexibility index (Phi) is 4.29. The third-order valence-corrected chi connectivity index (χ3v) is 6.22. The fourth-order valence-corrected chi connectivity index (χ4v) is 4.44. The van der Waals surface area contributed by atoms with Gasteiger partial charge in [-0.1, -0.05) is 6.07 Å². The first-order valence-corrected chi connectivity index (χ1v) is 9.27. The number of imidazole rings is 1. The van der Waals surface area contributed by atoms with E-state index in [1.807, 2.05) is 36.7 Å². The molecular formula is C15H16N4O2S2. The predicted molar refractivity (Wildman–Crippen MR) is 89.2 cm³/mol. The average Bonchev–Trinajstić information content (AvgIpc) is 3.15. The summed E-state index contributed by atoms with van der Waals surface area (Å²) >= 11 is 1.26. The van der Waals surface area contributed by atoms with E-state index < -0.39 is 10.0 Å². The first kappa shape index (κ1) is 15.9. The van der Waals surface area contributed by atoms with E-state index in [1.165, 1.54) is 11.3 Å². The van der Waals surface area contributed by atoms with Gasteiger partial charge in [-0.3, -0.25) is 4.57 Å². The van der Waals surface area contributed by atoms with Crippen LogP contribution in [0.4, 0.5) is 0 Å². The molecule has 0 fully saturated rings. The molecule has 0 saturated carbocycles. The Balaban J connectivity index is 1.71. The first-order chi connectivity index (χ1) is 11.0. The lowest BCUT2D eigenvalue weighted by atomic mass is 10.3. The fraction of sp³-hybridized carbons (Fsp3) is 0.200. The van der Waals surface area contributed by atoms with Crippen molar-refractivity contribution in [3.63, 3.8) is 0 Å². The number of aryl methyl sites for hydroxylation is 2. The van der Waals surface area contributed by atoms with Gasteiger partial charge in [-0.2, -0.15) is 0 Å². The lowest BCUT2D eigenvalue weighted by molar-refractivity contribution is 0.583. The standard InChI is InChI=1S/C15H16N4O2S2/c1-11-3-6-15(22-11)23(20,21)18-10-13-4-5-14(17-9-13)19-8-7-16-12(19)2/h3-9,18H,10H2,1-2H3. The maximum absolute atomic E-state index is 12.2. The smallest absolute Gasteiger partial charge is 0.250 e. The second-order valence-corrected chi connectivity index (χ2v) is 8.34. The van der Waals surface area contributed by atoms with Crippen LogP contribution in [0.2, 0.25) is 0 Å². The minimum absolute atomic E-state index is 0.204. The molecule has 0 bridgehead atoms. The van der Waals surface area contributed by atoms with Crippen LogP contribution >= 0.6 is 11.3 Å². The summed E-state index contributed by atoms with van der Waals surface area (Å²) in [5.74, 6) is 1.60. The average molecular weight is 348 g/mol. The third kappa shape index (κ3) is 3.49. The second kappa shape index (κ2) is 6.23. The molecule has 0 spiro atoms. The van der Waals surface area contributed by atoms with Crippen LogP contribution in [0, 0.1) is 13.8 Å². The molecule has 0 aliphatic rings. The quantitative estimate of drug-likeness (QED) is 0.768. The van der Waals surface area contributed by atoms with Gasteiger partial charge in [0.05, 0.1) is 0 Å². The molecule has 0 radical (unpaired) electrons. The molecule has 23 heavy (non-hydrogen) atoms. The monoisotopic (exact) mass is 348 g/mol. The first-order valence-electron chi connectivity index (χ1n) is 6.97. The van der Waals surface area contributed by atoms with Crippen molar-refractivity contribution in [2.24, 2.45) is 0 Å². The summed E-state index contributed by atoms with van der Waals surface area (Å²) in [6.45, 7) is 3.98. The molecule has 0 aromatic carbocycles.